The number of carboxylic acid groups (broad SMARTS) is 1. The van der Waals surface area contributed by atoms with Crippen LogP contribution in [0.4, 0.5) is 0 Å². The monoisotopic (exact) mass is 393 g/mol. The Morgan fingerprint density at radius 1 is 0.815 bits per heavy atom. The van der Waals surface area contributed by atoms with E-state index >= 15 is 0 Å². The third kappa shape index (κ3) is 23.9. The summed E-state index contributed by atoms with van der Waals surface area (Å²) < 4.78 is 5.36. The van der Waals surface area contributed by atoms with Crippen molar-refractivity contribution in [1.82, 2.24) is 5.32 Å². The Bertz CT molecular complexity index is 364. The first-order chi connectivity index (χ1) is 12.4. The van der Waals surface area contributed by atoms with Crippen LogP contribution < -0.4 is 40.0 Å². The van der Waals surface area contributed by atoms with Gasteiger partial charge in [0.1, 0.15) is 0 Å². The van der Waals surface area contributed by atoms with Crippen molar-refractivity contribution in [3.8, 4) is 0 Å². The molecule has 0 aromatic rings. The van der Waals surface area contributed by atoms with E-state index < -0.39 is 5.97 Å². The molecule has 1 atom stereocenters. The number of unbranched alkanes of at least 4 members (excludes halogenated alkanes) is 7. The number of esters is 1. The second-order valence-electron chi connectivity index (χ2n) is 7.72. The molecule has 0 amide bonds. The summed E-state index contributed by atoms with van der Waals surface area (Å²) >= 11 is 0. The minimum Gasteiger partial charge on any atom is -0.550 e. The maximum absolute atomic E-state index is 11.7. The first-order valence-corrected chi connectivity index (χ1v) is 10.5. The predicted octanol–water partition coefficient (Wildman–Crippen LogP) is 0.599. The van der Waals surface area contributed by atoms with Crippen molar-refractivity contribution in [1.29, 1.82) is 0 Å². The van der Waals surface area contributed by atoms with Gasteiger partial charge in [-0.05, 0) is 32.1 Å². The van der Waals surface area contributed by atoms with Gasteiger partial charge in [-0.2, -0.15) is 0 Å². The van der Waals surface area contributed by atoms with Gasteiger partial charge in [0.25, 0.3) is 0 Å². The normalized spacial score (nSPS) is 11.9. The molecule has 0 fully saturated rings. The summed E-state index contributed by atoms with van der Waals surface area (Å²) in [4.78, 5) is 21.9. The number of hydrogen-bond donors (Lipinski definition) is 1. The first-order valence-electron chi connectivity index (χ1n) is 10.5. The minimum atomic E-state index is -1.08. The van der Waals surface area contributed by atoms with Gasteiger partial charge in [-0.15, -0.1) is 0 Å². The molecule has 0 rings (SSSR count). The fraction of sp³-hybridized carbons (Fsp3) is 0.905. The Kier molecular flexibility index (Phi) is 22.2. The zero-order chi connectivity index (χ0) is 19.6. The molecule has 0 aliphatic carbocycles. The summed E-state index contributed by atoms with van der Waals surface area (Å²) in [5.41, 5.74) is 0. The van der Waals surface area contributed by atoms with Crippen LogP contribution in [0.3, 0.4) is 0 Å². The number of rotatable bonds is 18. The third-order valence-electron chi connectivity index (χ3n) is 4.49. The van der Waals surface area contributed by atoms with Gasteiger partial charge in [0.2, 0.25) is 0 Å². The van der Waals surface area contributed by atoms with E-state index in [1.54, 1.807) is 0 Å². The Morgan fingerprint density at radius 2 is 1.30 bits per heavy atom. The van der Waals surface area contributed by atoms with E-state index in [-0.39, 0.29) is 54.5 Å². The average Bonchev–Trinajstić information content (AvgIpc) is 2.55. The van der Waals surface area contributed by atoms with Gasteiger partial charge in [-0.1, -0.05) is 65.2 Å². The Labute approximate surface area is 188 Å². The van der Waals surface area contributed by atoms with Crippen molar-refractivity contribution in [2.24, 2.45) is 5.92 Å². The van der Waals surface area contributed by atoms with Crippen LogP contribution in [-0.4, -0.2) is 31.1 Å². The largest absolute Gasteiger partial charge is 1.00 e. The Hall–Kier alpha value is -0.100. The van der Waals surface area contributed by atoms with Crippen LogP contribution in [0.25, 0.3) is 0 Å². The molecular weight excluding hydrogens is 353 g/mol. The number of nitrogens with one attached hydrogen (secondary N) is 1. The van der Waals surface area contributed by atoms with Crippen molar-refractivity contribution in [2.45, 2.75) is 104 Å². The topological polar surface area (TPSA) is 78.5 Å². The van der Waals surface area contributed by atoms with Gasteiger partial charge in [0, 0.05) is 19.1 Å². The quantitative estimate of drug-likeness (QED) is 0.210. The second-order valence-corrected chi connectivity index (χ2v) is 7.72. The van der Waals surface area contributed by atoms with Gasteiger partial charge in [-0.25, -0.2) is 0 Å². The van der Waals surface area contributed by atoms with E-state index in [0.29, 0.717) is 13.1 Å². The van der Waals surface area contributed by atoms with Gasteiger partial charge in [-0.3, -0.25) is 4.79 Å². The van der Waals surface area contributed by atoms with Crippen LogP contribution >= 0.6 is 0 Å². The van der Waals surface area contributed by atoms with E-state index in [0.717, 1.165) is 18.8 Å². The van der Waals surface area contributed by atoms with Crippen LogP contribution in [0.5, 0.6) is 0 Å². The number of carbonyl (C=O) groups excluding carboxylic acids is 2. The first kappa shape index (κ1) is 29.1. The molecule has 0 radical (unpaired) electrons. The zero-order valence-corrected chi connectivity index (χ0v) is 20.2. The number of carbonyl (C=O) groups is 2. The molecule has 27 heavy (non-hydrogen) atoms. The molecule has 0 bridgehead atoms. The molecule has 1 N–H and O–H groups in total. The van der Waals surface area contributed by atoms with Crippen LogP contribution in [0.2, 0.25) is 0 Å². The van der Waals surface area contributed by atoms with E-state index in [4.69, 9.17) is 4.74 Å². The summed E-state index contributed by atoms with van der Waals surface area (Å²) in [5.74, 6) is -0.475. The standard InChI is InChI=1S/C21H41NO4.Na/c1-18(2)12-10-8-6-4-5-7-9-11-13-19(3)26-21(25)15-17-22-16-14-20(23)24;/h18-19,22H,4-17H2,1-3H3,(H,23,24);/q;+1/p-1. The molecule has 154 valence electrons. The Morgan fingerprint density at radius 3 is 1.81 bits per heavy atom. The fourth-order valence-electron chi connectivity index (χ4n) is 2.89. The maximum atomic E-state index is 11.7. The van der Waals surface area contributed by atoms with Crippen LogP contribution in [0, 0.1) is 5.92 Å². The van der Waals surface area contributed by atoms with Gasteiger partial charge in [0.05, 0.1) is 12.5 Å². The summed E-state index contributed by atoms with van der Waals surface area (Å²) in [6.45, 7) is 7.28. The molecule has 6 heteroatoms. The molecule has 0 saturated heterocycles. The summed E-state index contributed by atoms with van der Waals surface area (Å²) in [7, 11) is 0. The number of hydrogen-bond acceptors (Lipinski definition) is 5. The van der Waals surface area contributed by atoms with E-state index in [9.17, 15) is 14.7 Å². The number of carboxylic acids is 1. The van der Waals surface area contributed by atoms with Crippen LogP contribution in [-0.2, 0) is 14.3 Å². The molecule has 5 nitrogen and oxygen atoms in total. The van der Waals surface area contributed by atoms with Crippen molar-refractivity contribution in [3.63, 3.8) is 0 Å². The molecule has 0 aromatic heterocycles. The van der Waals surface area contributed by atoms with Crippen molar-refractivity contribution in [3.05, 3.63) is 0 Å². The SMILES string of the molecule is CC(C)CCCCCCCCCCC(C)OC(=O)CCNCCC(=O)[O-].[Na+]. The number of ether oxygens (including phenoxy) is 1. The second kappa shape index (κ2) is 20.6. The van der Waals surface area contributed by atoms with Crippen LogP contribution in [0.1, 0.15) is 97.8 Å². The third-order valence-corrected chi connectivity index (χ3v) is 4.49. The predicted molar refractivity (Wildman–Crippen MR) is 104 cm³/mol. The fourth-order valence-corrected chi connectivity index (χ4v) is 2.89. The Balaban J connectivity index is 0. The van der Waals surface area contributed by atoms with Crippen molar-refractivity contribution in [2.75, 3.05) is 13.1 Å². The summed E-state index contributed by atoms with van der Waals surface area (Å²) in [6, 6.07) is 0. The number of aliphatic carboxylic acids is 1. The minimum absolute atomic E-state index is 0. The molecule has 0 heterocycles. The smallest absolute Gasteiger partial charge is 0.550 e. The van der Waals surface area contributed by atoms with Gasteiger partial charge < -0.3 is 20.0 Å². The molecule has 0 saturated carbocycles. The molecular formula is C21H40NNaO4. The van der Waals surface area contributed by atoms with Crippen molar-refractivity contribution >= 4 is 11.9 Å². The van der Waals surface area contributed by atoms with Gasteiger partial charge >= 0.3 is 35.5 Å². The van der Waals surface area contributed by atoms with Gasteiger partial charge in [0.15, 0.2) is 0 Å². The average molecular weight is 394 g/mol. The molecule has 0 spiro atoms. The summed E-state index contributed by atoms with van der Waals surface area (Å²) in [5, 5.41) is 13.1. The molecule has 0 aliphatic rings. The van der Waals surface area contributed by atoms with Crippen LogP contribution in [0.15, 0.2) is 0 Å². The molecule has 0 aromatic carbocycles. The van der Waals surface area contributed by atoms with E-state index in [1.807, 2.05) is 6.92 Å². The molecule has 1 unspecified atom stereocenters. The summed E-state index contributed by atoms with van der Waals surface area (Å²) in [6.07, 6.45) is 12.8. The molecule has 0 aliphatic heterocycles. The maximum Gasteiger partial charge on any atom is 1.00 e. The van der Waals surface area contributed by atoms with E-state index in [2.05, 4.69) is 19.2 Å². The van der Waals surface area contributed by atoms with Crippen molar-refractivity contribution < 1.29 is 49.0 Å². The zero-order valence-electron chi connectivity index (χ0n) is 18.2. The van der Waals surface area contributed by atoms with E-state index in [1.165, 1.54) is 51.4 Å².